The molecule has 2 amide bonds. The Labute approximate surface area is 99.4 Å². The van der Waals surface area contributed by atoms with Crippen LogP contribution in [0.25, 0.3) is 0 Å². The van der Waals surface area contributed by atoms with Gasteiger partial charge in [0.05, 0.1) is 0 Å². The van der Waals surface area contributed by atoms with E-state index in [1.807, 2.05) is 0 Å². The summed E-state index contributed by atoms with van der Waals surface area (Å²) in [5.74, 6) is 0. The minimum atomic E-state index is 0.00914. The predicted molar refractivity (Wildman–Crippen MR) is 67.6 cm³/mol. The minimum Gasteiger partial charge on any atom is -0.338 e. The van der Waals surface area contributed by atoms with E-state index in [1.165, 1.54) is 51.4 Å². The van der Waals surface area contributed by atoms with E-state index >= 15 is 0 Å². The molecular formula is C13H26N2O. The number of hydrogen-bond donors (Lipinski definition) is 2. The van der Waals surface area contributed by atoms with Gasteiger partial charge in [-0.3, -0.25) is 0 Å². The van der Waals surface area contributed by atoms with E-state index in [2.05, 4.69) is 10.6 Å². The molecule has 0 unspecified atom stereocenters. The van der Waals surface area contributed by atoms with Crippen molar-refractivity contribution in [1.29, 1.82) is 0 Å². The standard InChI is InChI=1S/C13H26N2O/c16-13-14-11-9-7-5-3-1-2-4-6-8-10-12-15-13/h1-12H2,(H2,14,15,16). The second-order valence-corrected chi connectivity index (χ2v) is 4.72. The van der Waals surface area contributed by atoms with Crippen LogP contribution in [-0.2, 0) is 0 Å². The van der Waals surface area contributed by atoms with Crippen molar-refractivity contribution < 1.29 is 4.79 Å². The second kappa shape index (κ2) is 9.49. The van der Waals surface area contributed by atoms with Crippen molar-refractivity contribution in [2.45, 2.75) is 64.2 Å². The van der Waals surface area contributed by atoms with Crippen molar-refractivity contribution >= 4 is 6.03 Å². The highest BCUT2D eigenvalue weighted by Crippen LogP contribution is 2.10. The molecular weight excluding hydrogens is 200 g/mol. The van der Waals surface area contributed by atoms with Crippen LogP contribution < -0.4 is 10.6 Å². The Morgan fingerprint density at radius 3 is 1.25 bits per heavy atom. The SMILES string of the molecule is O=C1NCCCCCCCCCCCCN1. The maximum absolute atomic E-state index is 11.3. The van der Waals surface area contributed by atoms with Crippen LogP contribution in [0.1, 0.15) is 64.2 Å². The monoisotopic (exact) mass is 226 g/mol. The molecule has 3 heteroatoms. The molecule has 0 aromatic rings. The van der Waals surface area contributed by atoms with Crippen molar-refractivity contribution in [3.8, 4) is 0 Å². The topological polar surface area (TPSA) is 41.1 Å². The van der Waals surface area contributed by atoms with Crippen LogP contribution in [0.5, 0.6) is 0 Å². The average molecular weight is 226 g/mol. The Morgan fingerprint density at radius 1 is 0.562 bits per heavy atom. The van der Waals surface area contributed by atoms with Crippen LogP contribution in [0.3, 0.4) is 0 Å². The molecule has 0 bridgehead atoms. The van der Waals surface area contributed by atoms with Crippen molar-refractivity contribution in [3.05, 3.63) is 0 Å². The van der Waals surface area contributed by atoms with Crippen molar-refractivity contribution in [2.75, 3.05) is 13.1 Å². The molecule has 0 saturated carbocycles. The lowest BCUT2D eigenvalue weighted by Gasteiger charge is -2.06. The van der Waals surface area contributed by atoms with Gasteiger partial charge in [0.25, 0.3) is 0 Å². The van der Waals surface area contributed by atoms with Crippen molar-refractivity contribution in [3.63, 3.8) is 0 Å². The van der Waals surface area contributed by atoms with E-state index in [9.17, 15) is 4.79 Å². The van der Waals surface area contributed by atoms with Crippen molar-refractivity contribution in [1.82, 2.24) is 10.6 Å². The summed E-state index contributed by atoms with van der Waals surface area (Å²) in [5.41, 5.74) is 0. The molecule has 0 aromatic heterocycles. The third kappa shape index (κ3) is 7.55. The Balaban J connectivity index is 2.13. The first-order valence-electron chi connectivity index (χ1n) is 6.91. The normalized spacial score (nSPS) is 22.4. The zero-order valence-electron chi connectivity index (χ0n) is 10.4. The van der Waals surface area contributed by atoms with Crippen LogP contribution in [0.15, 0.2) is 0 Å². The van der Waals surface area contributed by atoms with Gasteiger partial charge in [0.15, 0.2) is 0 Å². The third-order valence-electron chi connectivity index (χ3n) is 3.17. The Hall–Kier alpha value is -0.730. The fourth-order valence-electron chi connectivity index (χ4n) is 2.13. The average Bonchev–Trinajstić information content (AvgIpc) is 2.29. The number of carbonyl (C=O) groups is 1. The van der Waals surface area contributed by atoms with E-state index in [-0.39, 0.29) is 6.03 Å². The Morgan fingerprint density at radius 2 is 0.875 bits per heavy atom. The highest BCUT2D eigenvalue weighted by molar-refractivity contribution is 5.73. The van der Waals surface area contributed by atoms with Crippen LogP contribution in [0.4, 0.5) is 4.79 Å². The molecule has 0 spiro atoms. The van der Waals surface area contributed by atoms with Gasteiger partial charge in [-0.2, -0.15) is 0 Å². The van der Waals surface area contributed by atoms with Crippen LogP contribution in [-0.4, -0.2) is 19.1 Å². The molecule has 2 N–H and O–H groups in total. The van der Waals surface area contributed by atoms with Crippen LogP contribution in [0, 0.1) is 0 Å². The van der Waals surface area contributed by atoms with Gasteiger partial charge in [-0.25, -0.2) is 4.79 Å². The second-order valence-electron chi connectivity index (χ2n) is 4.72. The molecule has 1 fully saturated rings. The molecule has 1 saturated heterocycles. The van der Waals surface area contributed by atoms with E-state index in [4.69, 9.17) is 0 Å². The first kappa shape index (κ1) is 13.3. The predicted octanol–water partition coefficient (Wildman–Crippen LogP) is 3.20. The number of rotatable bonds is 0. The Kier molecular flexibility index (Phi) is 7.91. The minimum absolute atomic E-state index is 0.00914. The van der Waals surface area contributed by atoms with Gasteiger partial charge in [0.1, 0.15) is 0 Å². The van der Waals surface area contributed by atoms with Gasteiger partial charge < -0.3 is 10.6 Å². The molecule has 1 aliphatic rings. The van der Waals surface area contributed by atoms with Crippen LogP contribution >= 0.6 is 0 Å². The smallest absolute Gasteiger partial charge is 0.314 e. The summed E-state index contributed by atoms with van der Waals surface area (Å²) in [6.07, 6.45) is 12.9. The van der Waals surface area contributed by atoms with Gasteiger partial charge >= 0.3 is 6.03 Å². The quantitative estimate of drug-likeness (QED) is 0.654. The number of carbonyl (C=O) groups excluding carboxylic acids is 1. The zero-order chi connectivity index (χ0) is 11.5. The maximum atomic E-state index is 11.3. The van der Waals surface area contributed by atoms with Gasteiger partial charge in [-0.1, -0.05) is 51.4 Å². The van der Waals surface area contributed by atoms with Gasteiger partial charge in [0.2, 0.25) is 0 Å². The summed E-state index contributed by atoms with van der Waals surface area (Å²) in [6.45, 7) is 1.65. The molecule has 1 heterocycles. The molecule has 0 atom stereocenters. The zero-order valence-corrected chi connectivity index (χ0v) is 10.4. The summed E-state index contributed by atoms with van der Waals surface area (Å²) in [6, 6.07) is 0.00914. The molecule has 0 aromatic carbocycles. The summed E-state index contributed by atoms with van der Waals surface area (Å²) in [7, 11) is 0. The molecule has 1 aliphatic heterocycles. The summed E-state index contributed by atoms with van der Waals surface area (Å²) in [4.78, 5) is 11.3. The maximum Gasteiger partial charge on any atom is 0.314 e. The van der Waals surface area contributed by atoms with Gasteiger partial charge in [-0.05, 0) is 12.8 Å². The Bertz CT molecular complexity index is 165. The van der Waals surface area contributed by atoms with E-state index in [0.29, 0.717) is 0 Å². The lowest BCUT2D eigenvalue weighted by Crippen LogP contribution is -2.36. The number of nitrogens with one attached hydrogen (secondary N) is 2. The fraction of sp³-hybridized carbons (Fsp3) is 0.923. The highest BCUT2D eigenvalue weighted by atomic mass is 16.2. The van der Waals surface area contributed by atoms with Crippen LogP contribution in [0.2, 0.25) is 0 Å². The molecule has 16 heavy (non-hydrogen) atoms. The van der Waals surface area contributed by atoms with Crippen molar-refractivity contribution in [2.24, 2.45) is 0 Å². The summed E-state index contributed by atoms with van der Waals surface area (Å²) < 4.78 is 0. The van der Waals surface area contributed by atoms with E-state index < -0.39 is 0 Å². The lowest BCUT2D eigenvalue weighted by atomic mass is 10.1. The molecule has 3 nitrogen and oxygen atoms in total. The first-order chi connectivity index (χ1) is 7.89. The van der Waals surface area contributed by atoms with Gasteiger partial charge in [-0.15, -0.1) is 0 Å². The number of urea groups is 1. The molecule has 0 aliphatic carbocycles. The largest absolute Gasteiger partial charge is 0.338 e. The number of hydrogen-bond acceptors (Lipinski definition) is 1. The molecule has 94 valence electrons. The summed E-state index contributed by atoms with van der Waals surface area (Å²) in [5, 5.41) is 5.80. The third-order valence-corrected chi connectivity index (χ3v) is 3.17. The number of amides is 2. The summed E-state index contributed by atoms with van der Waals surface area (Å²) >= 11 is 0. The first-order valence-corrected chi connectivity index (χ1v) is 6.91. The fourth-order valence-corrected chi connectivity index (χ4v) is 2.13. The lowest BCUT2D eigenvalue weighted by molar-refractivity contribution is 0.240. The highest BCUT2D eigenvalue weighted by Gasteiger charge is 1.99. The van der Waals surface area contributed by atoms with Gasteiger partial charge in [0, 0.05) is 13.1 Å². The molecule has 0 radical (unpaired) electrons. The van der Waals surface area contributed by atoms with E-state index in [1.54, 1.807) is 0 Å². The molecule has 1 rings (SSSR count). The van der Waals surface area contributed by atoms with E-state index in [0.717, 1.165) is 25.9 Å².